The number of rotatable bonds is 20. The van der Waals surface area contributed by atoms with Crippen molar-refractivity contribution in [3.05, 3.63) is 51.5 Å². The predicted octanol–water partition coefficient (Wildman–Crippen LogP) is 6.57. The first kappa shape index (κ1) is 38.0. The van der Waals surface area contributed by atoms with Gasteiger partial charge in [-0.25, -0.2) is 12.7 Å². The number of halogens is 2. The first-order valence-electron chi connectivity index (χ1n) is 14.3. The summed E-state index contributed by atoms with van der Waals surface area (Å²) in [5, 5.41) is 14.7. The Morgan fingerprint density at radius 1 is 0.953 bits per heavy atom. The number of anilines is 1. The number of hydrogen-bond donors (Lipinski definition) is 2. The molecule has 14 heteroatoms. The van der Waals surface area contributed by atoms with Crippen molar-refractivity contribution in [3.63, 3.8) is 0 Å². The number of aliphatic hydroxyl groups excluding tert-OH is 1. The number of hydrogen-bond acceptors (Lipinski definition) is 8. The molecular weight excluding hydrogens is 692 g/mol. The maximum absolute atomic E-state index is 12.9. The molecule has 0 saturated heterocycles. The van der Waals surface area contributed by atoms with Gasteiger partial charge in [0.2, 0.25) is 10.0 Å². The van der Waals surface area contributed by atoms with E-state index in [-0.39, 0.29) is 25.8 Å². The molecule has 0 aliphatic heterocycles. The Morgan fingerprint density at radius 3 is 2.21 bits per heavy atom. The number of nitrogens with zero attached hydrogens (tertiary/aromatic N) is 1. The minimum Gasteiger partial charge on any atom is -0.492 e. The van der Waals surface area contributed by atoms with Gasteiger partial charge in [0, 0.05) is 46.9 Å². The van der Waals surface area contributed by atoms with Crippen LogP contribution >= 0.6 is 27.5 Å². The van der Waals surface area contributed by atoms with Crippen molar-refractivity contribution in [2.45, 2.75) is 57.5 Å². The van der Waals surface area contributed by atoms with E-state index in [2.05, 4.69) is 60.5 Å². The van der Waals surface area contributed by atoms with Crippen LogP contribution in [0.1, 0.15) is 11.7 Å². The van der Waals surface area contributed by atoms with Crippen molar-refractivity contribution in [1.29, 1.82) is 0 Å². The summed E-state index contributed by atoms with van der Waals surface area (Å²) >= 11 is 9.47. The highest BCUT2D eigenvalue weighted by Gasteiger charge is 2.24. The van der Waals surface area contributed by atoms with E-state index in [0.29, 0.717) is 48.5 Å². The largest absolute Gasteiger partial charge is 0.492 e. The topological polar surface area (TPSA) is 107 Å². The van der Waals surface area contributed by atoms with E-state index >= 15 is 0 Å². The molecule has 2 N–H and O–H groups in total. The first-order chi connectivity index (χ1) is 20.0. The van der Waals surface area contributed by atoms with Crippen LogP contribution < -0.4 is 19.1 Å². The molecule has 1 unspecified atom stereocenters. The molecule has 0 saturated carbocycles. The van der Waals surface area contributed by atoms with E-state index in [1.165, 1.54) is 4.31 Å². The molecule has 43 heavy (non-hydrogen) atoms. The predicted molar refractivity (Wildman–Crippen MR) is 185 cm³/mol. The highest BCUT2D eigenvalue weighted by molar-refractivity contribution is 9.10. The Labute approximate surface area is 273 Å². The maximum Gasteiger partial charge on any atom is 0.234 e. The van der Waals surface area contributed by atoms with Gasteiger partial charge in [0.25, 0.3) is 0 Å². The monoisotopic (exact) mass is 738 g/mol. The Balaban J connectivity index is 2.11. The second-order valence-corrected chi connectivity index (χ2v) is 27.2. The molecule has 2 aromatic carbocycles. The Bertz CT molecular complexity index is 1260. The van der Waals surface area contributed by atoms with Crippen LogP contribution in [0.3, 0.4) is 0 Å². The van der Waals surface area contributed by atoms with Crippen LogP contribution in [0.2, 0.25) is 56.4 Å². The van der Waals surface area contributed by atoms with E-state index < -0.39 is 32.3 Å². The number of sulfonamides is 1. The van der Waals surface area contributed by atoms with Gasteiger partial charge in [0.05, 0.1) is 23.1 Å². The minimum atomic E-state index is -3.73. The van der Waals surface area contributed by atoms with Crippen molar-refractivity contribution in [1.82, 2.24) is 5.32 Å². The highest BCUT2D eigenvalue weighted by atomic mass is 79.9. The zero-order valence-electron chi connectivity index (χ0n) is 26.4. The molecule has 2 aromatic rings. The van der Waals surface area contributed by atoms with Crippen molar-refractivity contribution in [2.75, 3.05) is 57.0 Å². The summed E-state index contributed by atoms with van der Waals surface area (Å²) in [5.41, 5.74) is 0.821. The number of ether oxygens (including phenoxy) is 4. The van der Waals surface area contributed by atoms with Crippen molar-refractivity contribution >= 4 is 59.4 Å². The zero-order valence-corrected chi connectivity index (χ0v) is 31.6. The van der Waals surface area contributed by atoms with Crippen molar-refractivity contribution in [3.8, 4) is 11.5 Å². The smallest absolute Gasteiger partial charge is 0.234 e. The van der Waals surface area contributed by atoms with Gasteiger partial charge in [-0.1, -0.05) is 56.9 Å². The lowest BCUT2D eigenvalue weighted by molar-refractivity contribution is 0.0222. The van der Waals surface area contributed by atoms with Gasteiger partial charge in [0.15, 0.2) is 6.79 Å². The van der Waals surface area contributed by atoms with Gasteiger partial charge in [0.1, 0.15) is 24.8 Å². The molecule has 0 aromatic heterocycles. The average molecular weight is 740 g/mol. The van der Waals surface area contributed by atoms with Gasteiger partial charge in [-0.15, -0.1) is 0 Å². The molecule has 0 aliphatic carbocycles. The third-order valence-corrected chi connectivity index (χ3v) is 12.1. The third kappa shape index (κ3) is 15.1. The van der Waals surface area contributed by atoms with E-state index in [1.54, 1.807) is 24.3 Å². The molecule has 0 bridgehead atoms. The summed E-state index contributed by atoms with van der Waals surface area (Å²) in [6, 6.07) is 12.3. The summed E-state index contributed by atoms with van der Waals surface area (Å²) in [7, 11) is -6.35. The van der Waals surface area contributed by atoms with Crippen LogP contribution in [0.15, 0.2) is 40.9 Å². The lowest BCUT2D eigenvalue weighted by atomic mass is 10.1. The lowest BCUT2D eigenvalue weighted by Gasteiger charge is -2.26. The molecule has 0 heterocycles. The number of benzene rings is 2. The van der Waals surface area contributed by atoms with E-state index in [9.17, 15) is 13.5 Å². The molecular formula is C29H48BrClN2O7SSi2. The first-order valence-corrected chi connectivity index (χ1v) is 24.8. The number of nitrogens with one attached hydrogen (secondary N) is 1. The van der Waals surface area contributed by atoms with Crippen molar-refractivity contribution < 1.29 is 32.5 Å². The summed E-state index contributed by atoms with van der Waals surface area (Å²) in [5.74, 6) is 0.978. The Kier molecular flexibility index (Phi) is 15.5. The van der Waals surface area contributed by atoms with Crippen molar-refractivity contribution in [2.24, 2.45) is 0 Å². The minimum absolute atomic E-state index is 0.0153. The van der Waals surface area contributed by atoms with E-state index in [0.717, 1.165) is 22.8 Å². The summed E-state index contributed by atoms with van der Waals surface area (Å²) in [6.07, 6.45) is 0.226. The zero-order chi connectivity index (χ0) is 32.3. The molecule has 0 aliphatic rings. The second-order valence-electron chi connectivity index (χ2n) is 12.8. The molecule has 0 spiro atoms. The Morgan fingerprint density at radius 2 is 1.60 bits per heavy atom. The SMILES string of the molecule is C[Si](C)(C)CCOCOc1ccc(C(O)CNCCOc2ccc(Br)c(Cl)c2)cc1N(COCC[Si](C)(C)C)S(C)(=O)=O. The summed E-state index contributed by atoms with van der Waals surface area (Å²) < 4.78 is 51.0. The van der Waals surface area contributed by atoms with Crippen LogP contribution in [0.25, 0.3) is 0 Å². The molecule has 0 radical (unpaired) electrons. The van der Waals surface area contributed by atoms with Crippen LogP contribution in [-0.4, -0.2) is 82.4 Å². The van der Waals surface area contributed by atoms with Crippen LogP contribution in [-0.2, 0) is 19.5 Å². The van der Waals surface area contributed by atoms with Crippen LogP contribution in [0, 0.1) is 0 Å². The molecule has 0 fully saturated rings. The van der Waals surface area contributed by atoms with Gasteiger partial charge < -0.3 is 29.4 Å². The summed E-state index contributed by atoms with van der Waals surface area (Å²) in [6.45, 7) is 15.5. The molecule has 0 amide bonds. The number of aliphatic hydroxyl groups is 1. The second kappa shape index (κ2) is 17.5. The van der Waals surface area contributed by atoms with Crippen LogP contribution in [0.5, 0.6) is 11.5 Å². The fraction of sp³-hybridized carbons (Fsp3) is 0.586. The molecule has 2 rings (SSSR count). The Hall–Kier alpha value is -1.17. The lowest BCUT2D eigenvalue weighted by Crippen LogP contribution is -2.34. The fourth-order valence-corrected chi connectivity index (χ4v) is 6.33. The fourth-order valence-electron chi connectivity index (χ4n) is 3.64. The summed E-state index contributed by atoms with van der Waals surface area (Å²) in [4.78, 5) is 0. The quantitative estimate of drug-likeness (QED) is 0.0893. The van der Waals surface area contributed by atoms with E-state index in [4.69, 9.17) is 30.5 Å². The van der Waals surface area contributed by atoms with Gasteiger partial charge >= 0.3 is 0 Å². The molecule has 1 atom stereocenters. The van der Waals surface area contributed by atoms with E-state index in [1.807, 2.05) is 12.1 Å². The van der Waals surface area contributed by atoms with Gasteiger partial charge in [-0.2, -0.15) is 0 Å². The highest BCUT2D eigenvalue weighted by Crippen LogP contribution is 2.33. The normalized spacial score (nSPS) is 13.2. The van der Waals surface area contributed by atoms with Crippen LogP contribution in [0.4, 0.5) is 5.69 Å². The van der Waals surface area contributed by atoms with Gasteiger partial charge in [-0.3, -0.25) is 0 Å². The maximum atomic E-state index is 12.9. The molecule has 244 valence electrons. The van der Waals surface area contributed by atoms with Gasteiger partial charge in [-0.05, 0) is 63.9 Å². The third-order valence-electron chi connectivity index (χ3n) is 6.31. The average Bonchev–Trinajstić information content (AvgIpc) is 2.88. The standard InChI is InChI=1S/C29H48BrClN2O7SSi2/c1-41(35,36)33(21-37-14-16-42(2,3)4)27-18-23(8-11-29(27)40-22-38-15-17-43(5,6)7)28(34)20-32-12-13-39-24-9-10-25(30)26(31)19-24/h8-11,18-19,28,32,34H,12-17,20-22H2,1-7H3. The molecule has 9 nitrogen and oxygen atoms in total.